The molecule has 27 heavy (non-hydrogen) atoms. The second-order valence-electron chi connectivity index (χ2n) is 6.15. The number of carbonyl (C=O) groups excluding carboxylic acids is 1. The second-order valence-corrected chi connectivity index (χ2v) is 7.00. The summed E-state index contributed by atoms with van der Waals surface area (Å²) in [4.78, 5) is 21.5. The number of hydrogen-bond acceptors (Lipinski definition) is 6. The molecule has 1 fully saturated rings. The van der Waals surface area contributed by atoms with Crippen LogP contribution in [0.4, 0.5) is 25.3 Å². The molecule has 0 spiro atoms. The number of ether oxygens (including phenoxy) is 1. The van der Waals surface area contributed by atoms with Crippen LogP contribution in [0.2, 0.25) is 0 Å². The van der Waals surface area contributed by atoms with Crippen molar-refractivity contribution in [2.45, 2.75) is 32.0 Å². The van der Waals surface area contributed by atoms with Crippen LogP contribution in [0.3, 0.4) is 0 Å². The molecular formula is C17H17BrF2N4O3. The van der Waals surface area contributed by atoms with Gasteiger partial charge in [0, 0.05) is 11.8 Å². The predicted octanol–water partition coefficient (Wildman–Crippen LogP) is 3.40. The fraction of sp³-hybridized carbons (Fsp3) is 0.353. The van der Waals surface area contributed by atoms with E-state index in [0.29, 0.717) is 0 Å². The van der Waals surface area contributed by atoms with Gasteiger partial charge in [-0.25, -0.2) is 18.6 Å². The molecular weight excluding hydrogens is 426 g/mol. The third-order valence-electron chi connectivity index (χ3n) is 4.20. The Morgan fingerprint density at radius 1 is 1.37 bits per heavy atom. The number of nitrogens with zero attached hydrogens (tertiary/aromatic N) is 3. The summed E-state index contributed by atoms with van der Waals surface area (Å²) in [6.07, 6.45) is -0.0261. The van der Waals surface area contributed by atoms with E-state index in [1.807, 2.05) is 0 Å². The van der Waals surface area contributed by atoms with Crippen molar-refractivity contribution in [3.63, 3.8) is 0 Å². The molecule has 144 valence electrons. The molecule has 3 rings (SSSR count). The molecule has 2 N–H and O–H groups in total. The van der Waals surface area contributed by atoms with Crippen LogP contribution in [-0.4, -0.2) is 39.9 Å². The summed E-state index contributed by atoms with van der Waals surface area (Å²) in [5.41, 5.74) is 0.104. The Morgan fingerprint density at radius 2 is 2.11 bits per heavy atom. The Bertz CT molecular complexity index is 868. The van der Waals surface area contributed by atoms with Crippen LogP contribution in [0, 0.1) is 11.6 Å². The number of hydrogen-bond donors (Lipinski definition) is 2. The van der Waals surface area contributed by atoms with Gasteiger partial charge in [-0.05, 0) is 48.0 Å². The minimum Gasteiger partial charge on any atom is -0.447 e. The second kappa shape index (κ2) is 7.73. The number of cyclic esters (lactones) is 1. The van der Waals surface area contributed by atoms with Gasteiger partial charge in [-0.3, -0.25) is 4.90 Å². The number of amides is 1. The Labute approximate surface area is 162 Å². The lowest BCUT2D eigenvalue weighted by Gasteiger charge is -2.23. The third-order valence-corrected chi connectivity index (χ3v) is 4.81. The topological polar surface area (TPSA) is 87.6 Å². The number of anilines is 2. The van der Waals surface area contributed by atoms with E-state index in [1.54, 1.807) is 13.8 Å². The Balaban J connectivity index is 1.84. The lowest BCUT2D eigenvalue weighted by Crippen LogP contribution is -2.41. The van der Waals surface area contributed by atoms with Crippen molar-refractivity contribution >= 4 is 33.8 Å². The largest absolute Gasteiger partial charge is 0.447 e. The summed E-state index contributed by atoms with van der Waals surface area (Å²) in [6, 6.07) is 2.42. The first-order chi connectivity index (χ1) is 12.8. The number of aliphatic hydroxyl groups is 1. The molecule has 0 saturated carbocycles. The van der Waals surface area contributed by atoms with Gasteiger partial charge < -0.3 is 15.2 Å². The molecule has 3 atom stereocenters. The summed E-state index contributed by atoms with van der Waals surface area (Å²) >= 11 is 2.94. The van der Waals surface area contributed by atoms with Crippen LogP contribution in [0.15, 0.2) is 28.9 Å². The van der Waals surface area contributed by atoms with Crippen molar-refractivity contribution < 1.29 is 23.4 Å². The molecule has 0 bridgehead atoms. The minimum absolute atomic E-state index is 0.0332. The van der Waals surface area contributed by atoms with Crippen molar-refractivity contribution in [3.05, 3.63) is 46.1 Å². The van der Waals surface area contributed by atoms with Gasteiger partial charge in [0.15, 0.2) is 0 Å². The van der Waals surface area contributed by atoms with E-state index in [4.69, 9.17) is 4.74 Å². The van der Waals surface area contributed by atoms with Crippen LogP contribution in [0.5, 0.6) is 0 Å². The first kappa shape index (κ1) is 19.4. The standard InChI is InChI=1S/C17H17BrF2N4O3/c1-8(10-5-13(20)11(18)6-12(10)19)22-16-21-4-3-15(23-16)24-14(9(2)25)7-27-17(24)26/h3-6,8-9,14,25H,7H2,1-2H3,(H,21,22,23)/t8-,9?,14?/m0/s1. The number of aromatic nitrogens is 2. The van der Waals surface area contributed by atoms with Gasteiger partial charge in [-0.15, -0.1) is 0 Å². The van der Waals surface area contributed by atoms with Crippen molar-refractivity contribution in [3.8, 4) is 0 Å². The number of nitrogens with one attached hydrogen (secondary N) is 1. The molecule has 2 heterocycles. The van der Waals surface area contributed by atoms with Gasteiger partial charge in [-0.1, -0.05) is 0 Å². The highest BCUT2D eigenvalue weighted by Crippen LogP contribution is 2.27. The normalized spacial score (nSPS) is 19.0. The predicted molar refractivity (Wildman–Crippen MR) is 97.4 cm³/mol. The zero-order chi connectivity index (χ0) is 19.7. The number of rotatable bonds is 5. The highest BCUT2D eigenvalue weighted by molar-refractivity contribution is 9.10. The summed E-state index contributed by atoms with van der Waals surface area (Å²) in [7, 11) is 0. The summed E-state index contributed by atoms with van der Waals surface area (Å²) < 4.78 is 32.9. The molecule has 1 saturated heterocycles. The van der Waals surface area contributed by atoms with Crippen molar-refractivity contribution in [2.24, 2.45) is 0 Å². The van der Waals surface area contributed by atoms with Gasteiger partial charge in [0.1, 0.15) is 30.1 Å². The molecule has 2 unspecified atom stereocenters. The van der Waals surface area contributed by atoms with E-state index in [1.165, 1.54) is 17.2 Å². The SMILES string of the molecule is CC(O)C1COC(=O)N1c1ccnc(N[C@@H](C)c2cc(F)c(Br)cc2F)n1. The van der Waals surface area contributed by atoms with Crippen LogP contribution < -0.4 is 10.2 Å². The van der Waals surface area contributed by atoms with Crippen molar-refractivity contribution in [2.75, 3.05) is 16.8 Å². The quantitative estimate of drug-likeness (QED) is 0.689. The molecule has 1 aromatic heterocycles. The Morgan fingerprint density at radius 3 is 2.81 bits per heavy atom. The molecule has 2 aromatic rings. The molecule has 0 radical (unpaired) electrons. The maximum absolute atomic E-state index is 14.1. The molecule has 1 aliphatic rings. The molecule has 10 heteroatoms. The molecule has 1 aromatic carbocycles. The van der Waals surface area contributed by atoms with E-state index in [0.717, 1.165) is 12.1 Å². The molecule has 7 nitrogen and oxygen atoms in total. The van der Waals surface area contributed by atoms with Gasteiger partial charge >= 0.3 is 6.09 Å². The van der Waals surface area contributed by atoms with E-state index >= 15 is 0 Å². The summed E-state index contributed by atoms with van der Waals surface area (Å²) in [6.45, 7) is 3.22. The average Bonchev–Trinajstić information content (AvgIpc) is 3.00. The zero-order valence-electron chi connectivity index (χ0n) is 14.5. The zero-order valence-corrected chi connectivity index (χ0v) is 16.1. The van der Waals surface area contributed by atoms with Crippen LogP contribution in [0.1, 0.15) is 25.5 Å². The Kier molecular flexibility index (Phi) is 5.56. The molecule has 1 amide bonds. The number of halogens is 3. The summed E-state index contributed by atoms with van der Waals surface area (Å²) in [5.74, 6) is -0.826. The smallest absolute Gasteiger partial charge is 0.416 e. The van der Waals surface area contributed by atoms with Crippen molar-refractivity contribution in [1.29, 1.82) is 0 Å². The molecule has 0 aliphatic carbocycles. The third kappa shape index (κ3) is 4.01. The number of benzene rings is 1. The van der Waals surface area contributed by atoms with E-state index in [2.05, 4.69) is 31.2 Å². The first-order valence-corrected chi connectivity index (χ1v) is 8.95. The summed E-state index contributed by atoms with van der Waals surface area (Å²) in [5, 5.41) is 12.7. The van der Waals surface area contributed by atoms with E-state index in [9.17, 15) is 18.7 Å². The fourth-order valence-corrected chi connectivity index (χ4v) is 3.06. The average molecular weight is 443 g/mol. The highest BCUT2D eigenvalue weighted by Gasteiger charge is 2.38. The maximum atomic E-state index is 14.1. The monoisotopic (exact) mass is 442 g/mol. The van der Waals surface area contributed by atoms with Gasteiger partial charge in [0.25, 0.3) is 0 Å². The van der Waals surface area contributed by atoms with Gasteiger partial charge in [0.05, 0.1) is 16.6 Å². The van der Waals surface area contributed by atoms with Gasteiger partial charge in [-0.2, -0.15) is 4.98 Å². The van der Waals surface area contributed by atoms with E-state index < -0.39 is 35.9 Å². The fourth-order valence-electron chi connectivity index (χ4n) is 2.75. The van der Waals surface area contributed by atoms with Gasteiger partial charge in [0.2, 0.25) is 5.95 Å². The number of aliphatic hydroxyl groups excluding tert-OH is 1. The van der Waals surface area contributed by atoms with Crippen molar-refractivity contribution in [1.82, 2.24) is 9.97 Å². The minimum atomic E-state index is -0.818. The van der Waals surface area contributed by atoms with Crippen LogP contribution in [0.25, 0.3) is 0 Å². The highest BCUT2D eigenvalue weighted by atomic mass is 79.9. The van der Waals surface area contributed by atoms with E-state index in [-0.39, 0.29) is 28.4 Å². The number of carbonyl (C=O) groups is 1. The van der Waals surface area contributed by atoms with Crippen LogP contribution in [-0.2, 0) is 4.74 Å². The Hall–Kier alpha value is -2.33. The maximum Gasteiger partial charge on any atom is 0.416 e. The molecule has 1 aliphatic heterocycles. The van der Waals surface area contributed by atoms with Crippen LogP contribution >= 0.6 is 15.9 Å². The first-order valence-electron chi connectivity index (χ1n) is 8.16. The lowest BCUT2D eigenvalue weighted by molar-refractivity contribution is 0.142. The lowest BCUT2D eigenvalue weighted by atomic mass is 10.1.